The van der Waals surface area contributed by atoms with Gasteiger partial charge in [0.2, 0.25) is 17.7 Å². The van der Waals surface area contributed by atoms with Gasteiger partial charge in [0.05, 0.1) is 4.87 Å². The second-order valence-corrected chi connectivity index (χ2v) is 10.2. The number of benzene rings is 1. The van der Waals surface area contributed by atoms with Gasteiger partial charge in [0.1, 0.15) is 11.9 Å². The number of likely N-dealkylation sites (tertiary alicyclic amines) is 1. The predicted molar refractivity (Wildman–Crippen MR) is 113 cm³/mol. The van der Waals surface area contributed by atoms with Crippen molar-refractivity contribution in [2.45, 2.75) is 57.0 Å². The van der Waals surface area contributed by atoms with Gasteiger partial charge in [0.15, 0.2) is 0 Å². The minimum Gasteiger partial charge on any atom is -0.352 e. The lowest BCUT2D eigenvalue weighted by Crippen LogP contribution is -2.53. The minimum absolute atomic E-state index is 0.00969. The quantitative estimate of drug-likeness (QED) is 0.792. The number of piperidine rings is 1. The van der Waals surface area contributed by atoms with Crippen molar-refractivity contribution >= 4 is 29.5 Å². The van der Waals surface area contributed by atoms with Gasteiger partial charge in [-0.3, -0.25) is 14.4 Å². The molecule has 3 aliphatic rings. The van der Waals surface area contributed by atoms with Crippen LogP contribution in [0.2, 0.25) is 0 Å². The Kier molecular flexibility index (Phi) is 5.79. The van der Waals surface area contributed by atoms with Gasteiger partial charge in [0.25, 0.3) is 0 Å². The van der Waals surface area contributed by atoms with Gasteiger partial charge in [-0.05, 0) is 50.3 Å². The molecule has 8 heteroatoms. The summed E-state index contributed by atoms with van der Waals surface area (Å²) in [5.41, 5.74) is 1.31. The Labute approximate surface area is 180 Å². The van der Waals surface area contributed by atoms with Gasteiger partial charge in [-0.1, -0.05) is 12.1 Å². The lowest BCUT2D eigenvalue weighted by molar-refractivity contribution is -0.145. The number of amides is 3. The molecule has 0 aromatic heterocycles. The van der Waals surface area contributed by atoms with Gasteiger partial charge in [-0.2, -0.15) is 0 Å². The molecule has 1 aromatic rings. The molecule has 3 heterocycles. The number of rotatable bonds is 4. The molecule has 30 heavy (non-hydrogen) atoms. The fourth-order valence-corrected chi connectivity index (χ4v) is 6.08. The zero-order chi connectivity index (χ0) is 21.5. The molecule has 0 bridgehead atoms. The highest BCUT2D eigenvalue weighted by Crippen LogP contribution is 2.47. The summed E-state index contributed by atoms with van der Waals surface area (Å²) in [6.07, 6.45) is 2.52. The summed E-state index contributed by atoms with van der Waals surface area (Å²) in [4.78, 5) is 41.2. The van der Waals surface area contributed by atoms with E-state index in [0.29, 0.717) is 50.2 Å². The standard InChI is InChI=1S/C22H28FN3O3S/c1-14-3-4-15(11-17(14)23)12-24-20(28)16-6-9-25(10-7-16)21(29)18-13-30-22(2)8-5-19(27)26(18)22/h3-4,11,16,18H,5-10,12-13H2,1-2H3,(H,24,28). The molecule has 3 fully saturated rings. The summed E-state index contributed by atoms with van der Waals surface area (Å²) in [5, 5.41) is 2.89. The molecule has 0 radical (unpaired) electrons. The van der Waals surface area contributed by atoms with Gasteiger partial charge >= 0.3 is 0 Å². The molecule has 3 aliphatic heterocycles. The van der Waals surface area contributed by atoms with Crippen molar-refractivity contribution in [2.24, 2.45) is 5.92 Å². The number of hydrogen-bond acceptors (Lipinski definition) is 4. The molecular formula is C22H28FN3O3S. The van der Waals surface area contributed by atoms with Gasteiger partial charge in [-0.25, -0.2) is 4.39 Å². The minimum atomic E-state index is -0.378. The highest BCUT2D eigenvalue weighted by atomic mass is 32.2. The van der Waals surface area contributed by atoms with E-state index in [4.69, 9.17) is 0 Å². The highest BCUT2D eigenvalue weighted by molar-refractivity contribution is 8.01. The summed E-state index contributed by atoms with van der Waals surface area (Å²) in [6.45, 7) is 5.10. The second-order valence-electron chi connectivity index (χ2n) is 8.67. The molecule has 3 amide bonds. The monoisotopic (exact) mass is 433 g/mol. The average Bonchev–Trinajstić information content (AvgIpc) is 3.24. The largest absolute Gasteiger partial charge is 0.352 e. The van der Waals surface area contributed by atoms with Crippen LogP contribution in [-0.2, 0) is 20.9 Å². The first-order valence-electron chi connectivity index (χ1n) is 10.6. The van der Waals surface area contributed by atoms with Crippen LogP contribution in [0, 0.1) is 18.7 Å². The van der Waals surface area contributed by atoms with Crippen LogP contribution in [0.5, 0.6) is 0 Å². The van der Waals surface area contributed by atoms with Crippen LogP contribution in [0.25, 0.3) is 0 Å². The van der Waals surface area contributed by atoms with Crippen molar-refractivity contribution in [1.29, 1.82) is 0 Å². The molecule has 1 aromatic carbocycles. The number of nitrogens with zero attached hydrogens (tertiary/aromatic N) is 2. The fourth-order valence-electron chi connectivity index (χ4n) is 4.66. The van der Waals surface area contributed by atoms with Crippen LogP contribution < -0.4 is 5.32 Å². The van der Waals surface area contributed by atoms with Crippen LogP contribution >= 0.6 is 11.8 Å². The van der Waals surface area contributed by atoms with E-state index in [1.165, 1.54) is 6.07 Å². The van der Waals surface area contributed by atoms with Gasteiger partial charge < -0.3 is 15.1 Å². The number of nitrogens with one attached hydrogen (secondary N) is 1. The van der Waals surface area contributed by atoms with Crippen LogP contribution in [-0.4, -0.2) is 57.3 Å². The van der Waals surface area contributed by atoms with Crippen molar-refractivity contribution in [3.05, 3.63) is 35.1 Å². The Morgan fingerprint density at radius 1 is 1.30 bits per heavy atom. The summed E-state index contributed by atoms with van der Waals surface area (Å²) in [5.74, 6) is 0.251. The topological polar surface area (TPSA) is 69.7 Å². The number of thioether (sulfide) groups is 1. The first-order chi connectivity index (χ1) is 14.3. The molecule has 0 saturated carbocycles. The summed E-state index contributed by atoms with van der Waals surface area (Å²) >= 11 is 1.70. The van der Waals surface area contributed by atoms with Crippen molar-refractivity contribution in [2.75, 3.05) is 18.8 Å². The molecule has 1 N–H and O–H groups in total. The Bertz CT molecular complexity index is 871. The van der Waals surface area contributed by atoms with E-state index in [1.807, 2.05) is 17.9 Å². The van der Waals surface area contributed by atoms with Crippen molar-refractivity contribution in [1.82, 2.24) is 15.1 Å². The SMILES string of the molecule is Cc1ccc(CNC(=O)C2CCN(C(=O)C3CSC4(C)CCC(=O)N34)CC2)cc1F. The molecular weight excluding hydrogens is 405 g/mol. The summed E-state index contributed by atoms with van der Waals surface area (Å²) in [7, 11) is 0. The number of fused-ring (bicyclic) bond motifs is 1. The zero-order valence-corrected chi connectivity index (χ0v) is 18.3. The number of carbonyl (C=O) groups is 3. The van der Waals surface area contributed by atoms with E-state index < -0.39 is 0 Å². The molecule has 2 atom stereocenters. The van der Waals surface area contributed by atoms with Crippen LogP contribution in [0.3, 0.4) is 0 Å². The third kappa shape index (κ3) is 3.94. The van der Waals surface area contributed by atoms with Crippen LogP contribution in [0.1, 0.15) is 43.7 Å². The number of hydrogen-bond donors (Lipinski definition) is 1. The second kappa shape index (κ2) is 8.21. The molecule has 4 rings (SSSR count). The first-order valence-corrected chi connectivity index (χ1v) is 11.5. The van der Waals surface area contributed by atoms with Gasteiger partial charge in [0, 0.05) is 37.7 Å². The predicted octanol–water partition coefficient (Wildman–Crippen LogP) is 2.44. The highest BCUT2D eigenvalue weighted by Gasteiger charge is 2.53. The van der Waals surface area contributed by atoms with Gasteiger partial charge in [-0.15, -0.1) is 11.8 Å². The molecule has 162 valence electrons. The normalized spacial score (nSPS) is 26.8. The van der Waals surface area contributed by atoms with E-state index in [1.54, 1.807) is 29.7 Å². The average molecular weight is 434 g/mol. The van der Waals surface area contributed by atoms with Crippen molar-refractivity contribution in [3.8, 4) is 0 Å². The lowest BCUT2D eigenvalue weighted by Gasteiger charge is -2.36. The fraction of sp³-hybridized carbons (Fsp3) is 0.591. The zero-order valence-electron chi connectivity index (χ0n) is 17.4. The molecule has 6 nitrogen and oxygen atoms in total. The lowest BCUT2D eigenvalue weighted by atomic mass is 9.95. The smallest absolute Gasteiger partial charge is 0.246 e. The van der Waals surface area contributed by atoms with Crippen LogP contribution in [0.15, 0.2) is 18.2 Å². The molecule has 3 saturated heterocycles. The summed E-state index contributed by atoms with van der Waals surface area (Å²) < 4.78 is 13.7. The van der Waals surface area contributed by atoms with E-state index >= 15 is 0 Å². The Balaban J connectivity index is 1.28. The Hall–Kier alpha value is -2.09. The number of aryl methyl sites for hydroxylation is 1. The molecule has 0 spiro atoms. The van der Waals surface area contributed by atoms with E-state index in [2.05, 4.69) is 5.32 Å². The maximum atomic E-state index is 13.7. The maximum Gasteiger partial charge on any atom is 0.246 e. The molecule has 2 unspecified atom stereocenters. The molecule has 0 aliphatic carbocycles. The first kappa shape index (κ1) is 21.2. The van der Waals surface area contributed by atoms with Crippen molar-refractivity contribution in [3.63, 3.8) is 0 Å². The third-order valence-electron chi connectivity index (χ3n) is 6.61. The van der Waals surface area contributed by atoms with Crippen LogP contribution in [0.4, 0.5) is 4.39 Å². The van der Waals surface area contributed by atoms with E-state index in [-0.39, 0.29) is 40.4 Å². The Morgan fingerprint density at radius 3 is 2.73 bits per heavy atom. The maximum absolute atomic E-state index is 13.7. The van der Waals surface area contributed by atoms with Crippen molar-refractivity contribution < 1.29 is 18.8 Å². The van der Waals surface area contributed by atoms with E-state index in [9.17, 15) is 18.8 Å². The van der Waals surface area contributed by atoms with E-state index in [0.717, 1.165) is 12.0 Å². The Morgan fingerprint density at radius 2 is 2.03 bits per heavy atom. The third-order valence-corrected chi connectivity index (χ3v) is 8.12. The summed E-state index contributed by atoms with van der Waals surface area (Å²) in [6, 6.07) is 4.59. The number of halogens is 1. The number of carbonyl (C=O) groups excluding carboxylic acids is 3.